The van der Waals surface area contributed by atoms with Gasteiger partial charge < -0.3 is 9.73 Å². The van der Waals surface area contributed by atoms with Crippen molar-refractivity contribution < 1.29 is 4.42 Å². The Bertz CT molecular complexity index is 1230. The van der Waals surface area contributed by atoms with E-state index in [9.17, 15) is 0 Å². The smallest absolute Gasteiger partial charge is 0.226 e. The molecule has 1 unspecified atom stereocenters. The molecule has 0 bridgehead atoms. The molecule has 0 fully saturated rings. The Labute approximate surface area is 177 Å². The molecule has 0 aliphatic carbocycles. The molecule has 1 aliphatic rings. The number of fused-ring (bicyclic) bond motifs is 1. The zero-order valence-electron chi connectivity index (χ0n) is 15.4. The number of oxazole rings is 1. The molecule has 3 heterocycles. The van der Waals surface area contributed by atoms with Gasteiger partial charge in [-0.2, -0.15) is 5.10 Å². The van der Waals surface area contributed by atoms with Gasteiger partial charge in [-0.05, 0) is 24.6 Å². The van der Waals surface area contributed by atoms with E-state index in [-0.39, 0.29) is 6.04 Å². The second kappa shape index (κ2) is 7.10. The van der Waals surface area contributed by atoms with Crippen LogP contribution in [0.15, 0.2) is 77.1 Å². The first kappa shape index (κ1) is 18.0. The highest BCUT2D eigenvalue weighted by Crippen LogP contribution is 2.42. The van der Waals surface area contributed by atoms with Crippen LogP contribution in [0.1, 0.15) is 24.4 Å². The van der Waals surface area contributed by atoms with Crippen molar-refractivity contribution in [1.29, 1.82) is 0 Å². The van der Waals surface area contributed by atoms with E-state index >= 15 is 0 Å². The number of hydrogen-bond donors (Lipinski definition) is 1. The van der Waals surface area contributed by atoms with Crippen molar-refractivity contribution in [2.45, 2.75) is 13.0 Å². The van der Waals surface area contributed by atoms with Crippen LogP contribution in [0.3, 0.4) is 0 Å². The molecule has 1 atom stereocenters. The lowest BCUT2D eigenvalue weighted by Crippen LogP contribution is -2.23. The Balaban J connectivity index is 1.65. The van der Waals surface area contributed by atoms with E-state index in [0.29, 0.717) is 21.7 Å². The number of nitrogens with one attached hydrogen (secondary N) is 1. The molecule has 0 amide bonds. The summed E-state index contributed by atoms with van der Waals surface area (Å²) in [4.78, 5) is 4.57. The van der Waals surface area contributed by atoms with Crippen LogP contribution in [0, 0.1) is 0 Å². The Morgan fingerprint density at radius 2 is 1.86 bits per heavy atom. The number of rotatable bonds is 3. The summed E-state index contributed by atoms with van der Waals surface area (Å²) in [6.45, 7) is 2.00. The molecule has 0 spiro atoms. The molecule has 29 heavy (non-hydrogen) atoms. The van der Waals surface area contributed by atoms with Crippen LogP contribution in [-0.4, -0.2) is 14.8 Å². The summed E-state index contributed by atoms with van der Waals surface area (Å²) in [5, 5.41) is 8.90. The van der Waals surface area contributed by atoms with E-state index in [2.05, 4.69) is 15.4 Å². The molecule has 1 N–H and O–H groups in total. The van der Waals surface area contributed by atoms with E-state index in [4.69, 9.17) is 27.6 Å². The number of aromatic nitrogens is 3. The minimum absolute atomic E-state index is 0.252. The minimum atomic E-state index is -0.252. The maximum absolute atomic E-state index is 6.32. The largest absolute Gasteiger partial charge is 0.436 e. The molecule has 7 heteroatoms. The molecule has 0 saturated heterocycles. The second-order valence-corrected chi connectivity index (χ2v) is 7.61. The van der Waals surface area contributed by atoms with Gasteiger partial charge in [0.05, 0.1) is 28.0 Å². The first-order valence-electron chi connectivity index (χ1n) is 9.09. The number of benzene rings is 2. The fourth-order valence-electron chi connectivity index (χ4n) is 3.61. The summed E-state index contributed by atoms with van der Waals surface area (Å²) in [5.41, 5.74) is 3.75. The SMILES string of the molecule is CC1=C(c2ncc(-c3ccccc3)o2)C(c2ccc(Cl)c(Cl)c2)n2nccc2N1. The molecular formula is C22H16Cl2N4O. The zero-order chi connectivity index (χ0) is 20.0. The van der Waals surface area contributed by atoms with Gasteiger partial charge in [0.1, 0.15) is 11.9 Å². The Hall–Kier alpha value is -3.02. The van der Waals surface area contributed by atoms with Crippen molar-refractivity contribution in [2.75, 3.05) is 5.32 Å². The van der Waals surface area contributed by atoms with Crippen LogP contribution in [-0.2, 0) is 0 Å². The third-order valence-electron chi connectivity index (χ3n) is 4.96. The lowest BCUT2D eigenvalue weighted by atomic mass is 9.95. The van der Waals surface area contributed by atoms with Gasteiger partial charge in [0.2, 0.25) is 5.89 Å². The number of nitrogens with zero attached hydrogens (tertiary/aromatic N) is 3. The first-order valence-corrected chi connectivity index (χ1v) is 9.85. The van der Waals surface area contributed by atoms with Crippen LogP contribution < -0.4 is 5.32 Å². The van der Waals surface area contributed by atoms with E-state index in [0.717, 1.165) is 28.2 Å². The quantitative estimate of drug-likeness (QED) is 0.421. The highest BCUT2D eigenvalue weighted by molar-refractivity contribution is 6.42. The number of hydrogen-bond acceptors (Lipinski definition) is 4. The second-order valence-electron chi connectivity index (χ2n) is 6.80. The van der Waals surface area contributed by atoms with Gasteiger partial charge >= 0.3 is 0 Å². The van der Waals surface area contributed by atoms with Crippen molar-refractivity contribution in [2.24, 2.45) is 0 Å². The maximum atomic E-state index is 6.32. The molecule has 0 radical (unpaired) electrons. The fourth-order valence-corrected chi connectivity index (χ4v) is 3.91. The third-order valence-corrected chi connectivity index (χ3v) is 5.70. The maximum Gasteiger partial charge on any atom is 0.226 e. The topological polar surface area (TPSA) is 55.9 Å². The number of allylic oxidation sites excluding steroid dienone is 2. The Morgan fingerprint density at radius 3 is 2.66 bits per heavy atom. The van der Waals surface area contributed by atoms with Gasteiger partial charge in [-0.25, -0.2) is 9.67 Å². The van der Waals surface area contributed by atoms with Gasteiger partial charge in [-0.15, -0.1) is 0 Å². The van der Waals surface area contributed by atoms with E-state index in [1.54, 1.807) is 18.5 Å². The van der Waals surface area contributed by atoms with Gasteiger partial charge in [0.15, 0.2) is 5.76 Å². The molecule has 5 rings (SSSR count). The molecule has 5 nitrogen and oxygen atoms in total. The summed E-state index contributed by atoms with van der Waals surface area (Å²) in [5.74, 6) is 2.13. The highest BCUT2D eigenvalue weighted by atomic mass is 35.5. The van der Waals surface area contributed by atoms with Crippen molar-refractivity contribution in [3.63, 3.8) is 0 Å². The van der Waals surface area contributed by atoms with Crippen molar-refractivity contribution in [1.82, 2.24) is 14.8 Å². The van der Waals surface area contributed by atoms with Gasteiger partial charge in [-0.3, -0.25) is 0 Å². The summed E-state index contributed by atoms with van der Waals surface area (Å²) in [6, 6.07) is 17.2. The van der Waals surface area contributed by atoms with Gasteiger partial charge in [-0.1, -0.05) is 59.6 Å². The Kier molecular flexibility index (Phi) is 4.42. The minimum Gasteiger partial charge on any atom is -0.436 e. The van der Waals surface area contributed by atoms with Gasteiger partial charge in [0.25, 0.3) is 0 Å². The average Bonchev–Trinajstić information content (AvgIpc) is 3.39. The molecule has 4 aromatic rings. The third kappa shape index (κ3) is 3.12. The summed E-state index contributed by atoms with van der Waals surface area (Å²) in [6.07, 6.45) is 3.50. The van der Waals surface area contributed by atoms with Crippen LogP contribution in [0.2, 0.25) is 10.0 Å². The molecular weight excluding hydrogens is 407 g/mol. The van der Waals surface area contributed by atoms with Crippen LogP contribution in [0.5, 0.6) is 0 Å². The van der Waals surface area contributed by atoms with Crippen LogP contribution >= 0.6 is 23.2 Å². The highest BCUT2D eigenvalue weighted by Gasteiger charge is 2.32. The normalized spacial score (nSPS) is 15.9. The number of anilines is 1. The van der Waals surface area contributed by atoms with E-state index in [1.807, 2.05) is 60.1 Å². The molecule has 0 saturated carbocycles. The molecule has 144 valence electrons. The lowest BCUT2D eigenvalue weighted by Gasteiger charge is -2.29. The van der Waals surface area contributed by atoms with Crippen LogP contribution in [0.25, 0.3) is 16.9 Å². The van der Waals surface area contributed by atoms with Gasteiger partial charge in [0, 0.05) is 17.3 Å². The predicted octanol–water partition coefficient (Wildman–Crippen LogP) is 6.29. The predicted molar refractivity (Wildman–Crippen MR) is 115 cm³/mol. The monoisotopic (exact) mass is 422 g/mol. The summed E-state index contributed by atoms with van der Waals surface area (Å²) < 4.78 is 8.06. The van der Waals surface area contributed by atoms with E-state index < -0.39 is 0 Å². The zero-order valence-corrected chi connectivity index (χ0v) is 16.9. The van der Waals surface area contributed by atoms with Crippen molar-refractivity contribution >= 4 is 34.6 Å². The molecule has 2 aromatic heterocycles. The average molecular weight is 423 g/mol. The van der Waals surface area contributed by atoms with Crippen LogP contribution in [0.4, 0.5) is 5.82 Å². The Morgan fingerprint density at radius 1 is 1.03 bits per heavy atom. The van der Waals surface area contributed by atoms with Crippen molar-refractivity contribution in [3.05, 3.63) is 94.2 Å². The molecule has 1 aliphatic heterocycles. The standard InChI is InChI=1S/C22H16Cl2N4O/c1-13-20(22-25-12-18(29-22)14-5-3-2-4-6-14)21(28-19(27-13)9-10-26-28)15-7-8-16(23)17(24)11-15/h2-12,21,27H,1H3. The molecule has 2 aromatic carbocycles. The summed E-state index contributed by atoms with van der Waals surface area (Å²) in [7, 11) is 0. The van der Waals surface area contributed by atoms with E-state index in [1.165, 1.54) is 0 Å². The lowest BCUT2D eigenvalue weighted by molar-refractivity contribution is 0.530. The van der Waals surface area contributed by atoms with Crippen molar-refractivity contribution in [3.8, 4) is 11.3 Å². The fraction of sp³-hybridized carbons (Fsp3) is 0.0909. The first-order chi connectivity index (χ1) is 14.1. The summed E-state index contributed by atoms with van der Waals surface area (Å²) >= 11 is 12.5. The number of halogens is 2.